The molecule has 1 saturated heterocycles. The summed E-state index contributed by atoms with van der Waals surface area (Å²) in [6.45, 7) is 0. The first-order valence-corrected chi connectivity index (χ1v) is 6.62. The molecule has 1 aliphatic heterocycles. The molecular weight excluding hydrogens is 298 g/mol. The third-order valence-electron chi connectivity index (χ3n) is 2.95. The summed E-state index contributed by atoms with van der Waals surface area (Å²) in [6.07, 6.45) is 0.292. The number of hydrogen-bond acceptors (Lipinski definition) is 4. The Kier molecular flexibility index (Phi) is 4.64. The summed E-state index contributed by atoms with van der Waals surface area (Å²) in [4.78, 5) is 34.2. The fraction of sp³-hybridized carbons (Fsp3) is 0.308. The van der Waals surface area contributed by atoms with Crippen molar-refractivity contribution in [3.8, 4) is 5.75 Å². The van der Waals surface area contributed by atoms with Crippen LogP contribution in [0.2, 0.25) is 5.02 Å². The van der Waals surface area contributed by atoms with Crippen molar-refractivity contribution in [3.63, 3.8) is 0 Å². The number of rotatable bonds is 5. The van der Waals surface area contributed by atoms with Crippen LogP contribution in [-0.2, 0) is 9.59 Å². The van der Waals surface area contributed by atoms with Crippen LogP contribution in [0.25, 0.3) is 0 Å². The topological polar surface area (TPSA) is 96.5 Å². The molecule has 1 aromatic carbocycles. The van der Waals surface area contributed by atoms with Crippen LogP contribution >= 0.6 is 11.6 Å². The Balaban J connectivity index is 1.92. The zero-order chi connectivity index (χ0) is 15.4. The molecule has 1 atom stereocenters. The van der Waals surface area contributed by atoms with Crippen molar-refractivity contribution in [2.75, 3.05) is 12.4 Å². The van der Waals surface area contributed by atoms with E-state index in [4.69, 9.17) is 16.3 Å². The van der Waals surface area contributed by atoms with E-state index in [0.717, 1.165) is 0 Å². The van der Waals surface area contributed by atoms with Gasteiger partial charge in [-0.3, -0.25) is 14.9 Å². The average Bonchev–Trinajstić information content (AvgIpc) is 2.75. The molecule has 3 N–H and O–H groups in total. The summed E-state index contributed by atoms with van der Waals surface area (Å²) in [5, 5.41) is 7.66. The molecule has 21 heavy (non-hydrogen) atoms. The normalized spacial score (nSPS) is 17.1. The smallest absolute Gasteiger partial charge is 0.322 e. The van der Waals surface area contributed by atoms with E-state index in [1.807, 2.05) is 0 Å². The summed E-state index contributed by atoms with van der Waals surface area (Å²) < 4.78 is 5.12. The minimum atomic E-state index is -0.676. The van der Waals surface area contributed by atoms with Gasteiger partial charge in [-0.05, 0) is 24.6 Å². The molecule has 0 aromatic heterocycles. The van der Waals surface area contributed by atoms with Crippen LogP contribution in [0.15, 0.2) is 18.2 Å². The van der Waals surface area contributed by atoms with Crippen LogP contribution in [-0.4, -0.2) is 31.0 Å². The standard InChI is InChI=1S/C13H14ClN3O4/c1-21-10-4-2-7(14)6-9(10)15-11(18)5-3-8-12(19)17-13(20)16-8/h2,4,6,8H,3,5H2,1H3,(H,15,18)(H2,16,17,19,20). The molecular formula is C13H14ClN3O4. The summed E-state index contributed by atoms with van der Waals surface area (Å²) in [6, 6.07) is 3.64. The second-order valence-electron chi connectivity index (χ2n) is 4.45. The lowest BCUT2D eigenvalue weighted by Gasteiger charge is -2.11. The maximum absolute atomic E-state index is 11.9. The lowest BCUT2D eigenvalue weighted by atomic mass is 10.1. The highest BCUT2D eigenvalue weighted by Crippen LogP contribution is 2.27. The zero-order valence-electron chi connectivity index (χ0n) is 11.2. The van der Waals surface area contributed by atoms with Crippen LogP contribution in [0.1, 0.15) is 12.8 Å². The molecule has 7 nitrogen and oxygen atoms in total. The van der Waals surface area contributed by atoms with Crippen LogP contribution in [0, 0.1) is 0 Å². The lowest BCUT2D eigenvalue weighted by Crippen LogP contribution is -2.30. The third-order valence-corrected chi connectivity index (χ3v) is 3.19. The van der Waals surface area contributed by atoms with Gasteiger partial charge >= 0.3 is 6.03 Å². The molecule has 1 fully saturated rings. The Bertz CT molecular complexity index is 591. The monoisotopic (exact) mass is 311 g/mol. The van der Waals surface area contributed by atoms with Gasteiger partial charge in [-0.2, -0.15) is 0 Å². The van der Waals surface area contributed by atoms with Gasteiger partial charge in [0.1, 0.15) is 11.8 Å². The van der Waals surface area contributed by atoms with Gasteiger partial charge in [0.25, 0.3) is 5.91 Å². The number of carbonyl (C=O) groups excluding carboxylic acids is 3. The molecule has 1 aliphatic rings. The largest absolute Gasteiger partial charge is 0.495 e. The summed E-state index contributed by atoms with van der Waals surface area (Å²) in [5.41, 5.74) is 0.454. The van der Waals surface area contributed by atoms with Crippen molar-refractivity contribution in [2.45, 2.75) is 18.9 Å². The number of methoxy groups -OCH3 is 1. The summed E-state index contributed by atoms with van der Waals surface area (Å²) in [5.74, 6) is -0.239. The first-order valence-electron chi connectivity index (χ1n) is 6.24. The quantitative estimate of drug-likeness (QED) is 0.714. The maximum atomic E-state index is 11.9. The van der Waals surface area contributed by atoms with Crippen LogP contribution < -0.4 is 20.7 Å². The van der Waals surface area contributed by atoms with Gasteiger partial charge in [-0.25, -0.2) is 4.79 Å². The first kappa shape index (κ1) is 15.1. The molecule has 0 spiro atoms. The number of benzene rings is 1. The Hall–Kier alpha value is -2.28. The van der Waals surface area contributed by atoms with Gasteiger partial charge in [0.2, 0.25) is 5.91 Å². The fourth-order valence-corrected chi connectivity index (χ4v) is 2.10. The van der Waals surface area contributed by atoms with Crippen molar-refractivity contribution < 1.29 is 19.1 Å². The fourth-order valence-electron chi connectivity index (χ4n) is 1.93. The lowest BCUT2D eigenvalue weighted by molar-refractivity contribution is -0.120. The number of ether oxygens (including phenoxy) is 1. The third kappa shape index (κ3) is 3.85. The van der Waals surface area contributed by atoms with Crippen molar-refractivity contribution in [1.29, 1.82) is 0 Å². The molecule has 8 heteroatoms. The number of anilines is 1. The number of urea groups is 1. The van der Waals surface area contributed by atoms with Crippen molar-refractivity contribution in [3.05, 3.63) is 23.2 Å². The predicted octanol–water partition coefficient (Wildman–Crippen LogP) is 1.28. The Morgan fingerprint density at radius 3 is 2.81 bits per heavy atom. The molecule has 0 bridgehead atoms. The highest BCUT2D eigenvalue weighted by atomic mass is 35.5. The Labute approximate surface area is 126 Å². The van der Waals surface area contributed by atoms with E-state index >= 15 is 0 Å². The van der Waals surface area contributed by atoms with E-state index in [1.165, 1.54) is 7.11 Å². The van der Waals surface area contributed by atoms with Gasteiger partial charge in [0.05, 0.1) is 12.8 Å². The zero-order valence-corrected chi connectivity index (χ0v) is 12.0. The van der Waals surface area contributed by atoms with Crippen LogP contribution in [0.3, 0.4) is 0 Å². The van der Waals surface area contributed by atoms with E-state index in [0.29, 0.717) is 16.5 Å². The Morgan fingerprint density at radius 1 is 1.43 bits per heavy atom. The minimum Gasteiger partial charge on any atom is -0.495 e. The van der Waals surface area contributed by atoms with Gasteiger partial charge < -0.3 is 15.4 Å². The number of hydrogen-bond donors (Lipinski definition) is 3. The van der Waals surface area contributed by atoms with Gasteiger partial charge in [-0.15, -0.1) is 0 Å². The molecule has 0 saturated carbocycles. The van der Waals surface area contributed by atoms with Crippen LogP contribution in [0.4, 0.5) is 10.5 Å². The van der Waals surface area contributed by atoms with Gasteiger partial charge in [-0.1, -0.05) is 11.6 Å². The van der Waals surface area contributed by atoms with E-state index in [-0.39, 0.29) is 18.7 Å². The molecule has 1 aromatic rings. The molecule has 0 radical (unpaired) electrons. The van der Waals surface area contributed by atoms with Gasteiger partial charge in [0.15, 0.2) is 0 Å². The van der Waals surface area contributed by atoms with E-state index < -0.39 is 18.0 Å². The highest BCUT2D eigenvalue weighted by Gasteiger charge is 2.29. The average molecular weight is 312 g/mol. The molecule has 112 valence electrons. The number of amides is 4. The number of carbonyl (C=O) groups is 3. The molecule has 4 amide bonds. The number of nitrogens with one attached hydrogen (secondary N) is 3. The second kappa shape index (κ2) is 6.45. The predicted molar refractivity (Wildman–Crippen MR) is 76.3 cm³/mol. The van der Waals surface area contributed by atoms with Crippen molar-refractivity contribution >= 4 is 35.1 Å². The Morgan fingerprint density at radius 2 is 2.19 bits per heavy atom. The molecule has 0 aliphatic carbocycles. The van der Waals surface area contributed by atoms with Crippen LogP contribution in [0.5, 0.6) is 5.75 Å². The van der Waals surface area contributed by atoms with E-state index in [9.17, 15) is 14.4 Å². The minimum absolute atomic E-state index is 0.0774. The van der Waals surface area contributed by atoms with Crippen molar-refractivity contribution in [2.24, 2.45) is 0 Å². The molecule has 1 heterocycles. The second-order valence-corrected chi connectivity index (χ2v) is 4.88. The maximum Gasteiger partial charge on any atom is 0.322 e. The molecule has 2 rings (SSSR count). The van der Waals surface area contributed by atoms with E-state index in [2.05, 4.69) is 16.0 Å². The molecule has 1 unspecified atom stereocenters. The highest BCUT2D eigenvalue weighted by molar-refractivity contribution is 6.31. The summed E-state index contributed by atoms with van der Waals surface area (Å²) >= 11 is 5.87. The summed E-state index contributed by atoms with van der Waals surface area (Å²) in [7, 11) is 1.48. The number of halogens is 1. The van der Waals surface area contributed by atoms with Crippen molar-refractivity contribution in [1.82, 2.24) is 10.6 Å². The number of imide groups is 1. The SMILES string of the molecule is COc1ccc(Cl)cc1NC(=O)CCC1NC(=O)NC1=O. The van der Waals surface area contributed by atoms with Gasteiger partial charge in [0, 0.05) is 11.4 Å². The van der Waals surface area contributed by atoms with E-state index in [1.54, 1.807) is 18.2 Å². The first-order chi connectivity index (χ1) is 9.99.